The van der Waals surface area contributed by atoms with Crippen LogP contribution in [0.15, 0.2) is 42.5 Å². The predicted octanol–water partition coefficient (Wildman–Crippen LogP) is 1.81. The van der Waals surface area contributed by atoms with Gasteiger partial charge in [-0.3, -0.25) is 14.9 Å². The molecular formula is C11H11NO4. The van der Waals surface area contributed by atoms with Gasteiger partial charge in [-0.05, 0) is 18.2 Å². The minimum absolute atomic E-state index is 0.0305. The number of rotatable bonds is 5. The van der Waals surface area contributed by atoms with Crippen LogP contribution in [0.1, 0.15) is 6.42 Å². The molecule has 0 atom stereocenters. The van der Waals surface area contributed by atoms with Crippen LogP contribution < -0.4 is 4.74 Å². The molecule has 0 saturated carbocycles. The van der Waals surface area contributed by atoms with Crippen LogP contribution in [0.3, 0.4) is 0 Å². The minimum atomic E-state index is -0.473. The average molecular weight is 221 g/mol. The smallest absolute Gasteiger partial charge is 0.315 e. The van der Waals surface area contributed by atoms with Crippen molar-refractivity contribution in [3.8, 4) is 5.75 Å². The van der Waals surface area contributed by atoms with Crippen molar-refractivity contribution in [1.82, 2.24) is 0 Å². The molecule has 5 nitrogen and oxygen atoms in total. The van der Waals surface area contributed by atoms with Gasteiger partial charge in [0.1, 0.15) is 5.75 Å². The summed E-state index contributed by atoms with van der Waals surface area (Å²) in [5.41, 5.74) is 0. The summed E-state index contributed by atoms with van der Waals surface area (Å²) >= 11 is 0. The zero-order valence-corrected chi connectivity index (χ0v) is 8.54. The molecule has 0 heterocycles. The van der Waals surface area contributed by atoms with Crippen LogP contribution in [0.4, 0.5) is 0 Å². The Hall–Kier alpha value is -2.17. The number of nitro groups is 1. The molecule has 0 amide bonds. The molecule has 1 aromatic carbocycles. The van der Waals surface area contributed by atoms with E-state index in [1.807, 2.05) is 6.07 Å². The Morgan fingerprint density at radius 2 is 2.00 bits per heavy atom. The number of hydrogen-bond acceptors (Lipinski definition) is 4. The highest BCUT2D eigenvalue weighted by molar-refractivity contribution is 5.73. The molecule has 0 aliphatic carbocycles. The molecule has 84 valence electrons. The summed E-state index contributed by atoms with van der Waals surface area (Å²) in [4.78, 5) is 20.7. The first-order valence-corrected chi connectivity index (χ1v) is 4.71. The van der Waals surface area contributed by atoms with E-state index in [0.29, 0.717) is 5.75 Å². The van der Waals surface area contributed by atoms with Gasteiger partial charge in [0.2, 0.25) is 6.54 Å². The van der Waals surface area contributed by atoms with Crippen molar-refractivity contribution in [1.29, 1.82) is 0 Å². The highest BCUT2D eigenvalue weighted by Crippen LogP contribution is 2.09. The van der Waals surface area contributed by atoms with Gasteiger partial charge in [0, 0.05) is 4.92 Å². The number of nitrogens with zero attached hydrogens (tertiary/aromatic N) is 1. The highest BCUT2D eigenvalue weighted by Gasteiger charge is 2.01. The van der Waals surface area contributed by atoms with Gasteiger partial charge >= 0.3 is 5.97 Å². The maximum Gasteiger partial charge on any atom is 0.315 e. The Bertz CT molecular complexity index is 386. The molecular weight excluding hydrogens is 210 g/mol. The fourth-order valence-corrected chi connectivity index (χ4v) is 1.00. The van der Waals surface area contributed by atoms with Crippen molar-refractivity contribution in [2.75, 3.05) is 6.54 Å². The molecule has 0 spiro atoms. The van der Waals surface area contributed by atoms with E-state index >= 15 is 0 Å². The second-order valence-electron chi connectivity index (χ2n) is 2.98. The van der Waals surface area contributed by atoms with Crippen molar-refractivity contribution in [2.45, 2.75) is 6.42 Å². The zero-order chi connectivity index (χ0) is 11.8. The van der Waals surface area contributed by atoms with Gasteiger partial charge < -0.3 is 4.74 Å². The number of benzene rings is 1. The lowest BCUT2D eigenvalue weighted by atomic mass is 10.3. The SMILES string of the molecule is O=C(CC=CC[N+](=O)[O-])Oc1ccccc1. The number of esters is 1. The summed E-state index contributed by atoms with van der Waals surface area (Å²) in [5, 5.41) is 9.97. The summed E-state index contributed by atoms with van der Waals surface area (Å²) in [6.45, 7) is -0.279. The summed E-state index contributed by atoms with van der Waals surface area (Å²) in [6.07, 6.45) is 2.78. The summed E-state index contributed by atoms with van der Waals surface area (Å²) in [5.74, 6) is 0.0287. The maximum atomic E-state index is 11.2. The molecule has 0 N–H and O–H groups in total. The van der Waals surface area contributed by atoms with E-state index in [4.69, 9.17) is 4.74 Å². The Kier molecular flexibility index (Phi) is 4.72. The van der Waals surface area contributed by atoms with Gasteiger partial charge in [-0.25, -0.2) is 0 Å². The molecule has 0 aromatic heterocycles. The fraction of sp³-hybridized carbons (Fsp3) is 0.182. The molecule has 0 saturated heterocycles. The molecule has 0 radical (unpaired) electrons. The topological polar surface area (TPSA) is 69.4 Å². The first-order chi connectivity index (χ1) is 7.68. The Morgan fingerprint density at radius 3 is 2.62 bits per heavy atom. The lowest BCUT2D eigenvalue weighted by Gasteiger charge is -2.00. The number of para-hydroxylation sites is 1. The third-order valence-electron chi connectivity index (χ3n) is 1.68. The molecule has 1 rings (SSSR count). The van der Waals surface area contributed by atoms with Crippen LogP contribution in [-0.2, 0) is 4.79 Å². The molecule has 0 unspecified atom stereocenters. The standard InChI is InChI=1S/C11H11NO4/c13-11(8-4-5-9-12(14)15)16-10-6-2-1-3-7-10/h1-7H,8-9H2. The lowest BCUT2D eigenvalue weighted by molar-refractivity contribution is -0.468. The Labute approximate surface area is 92.5 Å². The van der Waals surface area contributed by atoms with E-state index in [1.165, 1.54) is 12.2 Å². The van der Waals surface area contributed by atoms with Crippen molar-refractivity contribution < 1.29 is 14.5 Å². The van der Waals surface area contributed by atoms with Crippen molar-refractivity contribution >= 4 is 5.97 Å². The largest absolute Gasteiger partial charge is 0.426 e. The highest BCUT2D eigenvalue weighted by atomic mass is 16.6. The second kappa shape index (κ2) is 6.34. The molecule has 1 aromatic rings. The molecule has 0 fully saturated rings. The Balaban J connectivity index is 2.32. The van der Waals surface area contributed by atoms with Gasteiger partial charge in [0.05, 0.1) is 6.42 Å². The summed E-state index contributed by atoms with van der Waals surface area (Å²) < 4.78 is 4.96. The zero-order valence-electron chi connectivity index (χ0n) is 8.54. The molecule has 0 bridgehead atoms. The quantitative estimate of drug-likeness (QED) is 0.250. The van der Waals surface area contributed by atoms with Crippen molar-refractivity contribution in [3.05, 3.63) is 52.6 Å². The van der Waals surface area contributed by atoms with E-state index < -0.39 is 10.9 Å². The van der Waals surface area contributed by atoms with E-state index in [9.17, 15) is 14.9 Å². The minimum Gasteiger partial charge on any atom is -0.426 e. The number of carbonyl (C=O) groups excluding carboxylic acids is 1. The van der Waals surface area contributed by atoms with E-state index in [0.717, 1.165) is 0 Å². The molecule has 0 aliphatic heterocycles. The predicted molar refractivity (Wildman–Crippen MR) is 57.7 cm³/mol. The first kappa shape index (κ1) is 11.9. The van der Waals surface area contributed by atoms with E-state index in [-0.39, 0.29) is 13.0 Å². The molecule has 0 aliphatic rings. The van der Waals surface area contributed by atoms with E-state index in [2.05, 4.69) is 0 Å². The third-order valence-corrected chi connectivity index (χ3v) is 1.68. The van der Waals surface area contributed by atoms with Gasteiger partial charge in [0.25, 0.3) is 0 Å². The number of hydrogen-bond donors (Lipinski definition) is 0. The van der Waals surface area contributed by atoms with Crippen LogP contribution in [0.5, 0.6) is 5.75 Å². The van der Waals surface area contributed by atoms with Crippen molar-refractivity contribution in [3.63, 3.8) is 0 Å². The third kappa shape index (κ3) is 4.90. The normalized spacial score (nSPS) is 10.2. The second-order valence-corrected chi connectivity index (χ2v) is 2.98. The van der Waals surface area contributed by atoms with Crippen LogP contribution in [0, 0.1) is 10.1 Å². The van der Waals surface area contributed by atoms with Crippen LogP contribution in [0.25, 0.3) is 0 Å². The number of ether oxygens (including phenoxy) is 1. The van der Waals surface area contributed by atoms with Gasteiger partial charge in [0.15, 0.2) is 0 Å². The molecule has 16 heavy (non-hydrogen) atoms. The fourth-order valence-electron chi connectivity index (χ4n) is 1.00. The van der Waals surface area contributed by atoms with Crippen LogP contribution in [0.2, 0.25) is 0 Å². The Morgan fingerprint density at radius 1 is 1.31 bits per heavy atom. The van der Waals surface area contributed by atoms with Crippen LogP contribution in [-0.4, -0.2) is 17.4 Å². The van der Waals surface area contributed by atoms with Gasteiger partial charge in [-0.2, -0.15) is 0 Å². The van der Waals surface area contributed by atoms with Gasteiger partial charge in [-0.1, -0.05) is 24.3 Å². The van der Waals surface area contributed by atoms with Gasteiger partial charge in [-0.15, -0.1) is 0 Å². The molecule has 5 heteroatoms. The number of carbonyl (C=O) groups is 1. The summed E-state index contributed by atoms with van der Waals surface area (Å²) in [7, 11) is 0. The monoisotopic (exact) mass is 221 g/mol. The maximum absolute atomic E-state index is 11.2. The van der Waals surface area contributed by atoms with E-state index in [1.54, 1.807) is 24.3 Å². The average Bonchev–Trinajstić information content (AvgIpc) is 2.25. The summed E-state index contributed by atoms with van der Waals surface area (Å²) in [6, 6.07) is 8.65. The van der Waals surface area contributed by atoms with Crippen LogP contribution >= 0.6 is 0 Å². The first-order valence-electron chi connectivity index (χ1n) is 4.71. The lowest BCUT2D eigenvalue weighted by Crippen LogP contribution is -2.06. The van der Waals surface area contributed by atoms with Crippen molar-refractivity contribution in [2.24, 2.45) is 0 Å².